The van der Waals surface area contributed by atoms with Gasteiger partial charge in [-0.1, -0.05) is 36.0 Å². The summed E-state index contributed by atoms with van der Waals surface area (Å²) in [4.78, 5) is 32.2. The van der Waals surface area contributed by atoms with E-state index in [4.69, 9.17) is 4.98 Å². The van der Waals surface area contributed by atoms with Gasteiger partial charge in [-0.05, 0) is 56.7 Å². The van der Waals surface area contributed by atoms with Crippen molar-refractivity contribution in [2.45, 2.75) is 57.8 Å². The van der Waals surface area contributed by atoms with Crippen molar-refractivity contribution in [2.24, 2.45) is 0 Å². The fourth-order valence-corrected chi connectivity index (χ4v) is 5.91. The Kier molecular flexibility index (Phi) is 5.79. The number of aryl methyl sites for hydroxylation is 3. The van der Waals surface area contributed by atoms with E-state index < -0.39 is 0 Å². The third kappa shape index (κ3) is 3.85. The van der Waals surface area contributed by atoms with Crippen LogP contribution in [0.5, 0.6) is 0 Å². The Morgan fingerprint density at radius 2 is 2.14 bits per heavy atom. The number of benzene rings is 1. The van der Waals surface area contributed by atoms with Gasteiger partial charge in [0, 0.05) is 11.4 Å². The molecule has 7 heteroatoms. The summed E-state index contributed by atoms with van der Waals surface area (Å²) in [5, 5.41) is 4.50. The largest absolute Gasteiger partial charge is 0.349 e. The van der Waals surface area contributed by atoms with Gasteiger partial charge in [0.2, 0.25) is 5.91 Å². The van der Waals surface area contributed by atoms with Crippen LogP contribution in [0.25, 0.3) is 10.2 Å². The molecule has 5 nitrogen and oxygen atoms in total. The molecule has 3 aromatic rings. The second-order valence-corrected chi connectivity index (χ2v) is 9.55. The van der Waals surface area contributed by atoms with Crippen LogP contribution in [0.15, 0.2) is 34.2 Å². The summed E-state index contributed by atoms with van der Waals surface area (Å²) in [5.74, 6) is 0.229. The number of nitrogens with zero attached hydrogens (tertiary/aromatic N) is 2. The molecule has 29 heavy (non-hydrogen) atoms. The maximum Gasteiger partial charge on any atom is 0.263 e. The van der Waals surface area contributed by atoms with Crippen molar-refractivity contribution < 1.29 is 4.79 Å². The molecule has 1 unspecified atom stereocenters. The monoisotopic (exact) mass is 427 g/mol. The number of carbonyl (C=O) groups excluding carboxylic acids is 1. The van der Waals surface area contributed by atoms with Crippen LogP contribution in [0.4, 0.5) is 0 Å². The molecule has 2 aromatic heterocycles. The molecule has 4 rings (SSSR count). The predicted molar refractivity (Wildman–Crippen MR) is 120 cm³/mol. The van der Waals surface area contributed by atoms with E-state index in [0.29, 0.717) is 17.1 Å². The van der Waals surface area contributed by atoms with E-state index in [1.54, 1.807) is 15.9 Å². The lowest BCUT2D eigenvalue weighted by Crippen LogP contribution is -2.32. The highest BCUT2D eigenvalue weighted by Gasteiger charge is 2.22. The van der Waals surface area contributed by atoms with Gasteiger partial charge in [-0.25, -0.2) is 4.98 Å². The number of aromatic nitrogens is 2. The van der Waals surface area contributed by atoms with E-state index in [2.05, 4.69) is 23.5 Å². The van der Waals surface area contributed by atoms with Crippen molar-refractivity contribution in [2.75, 3.05) is 5.75 Å². The van der Waals surface area contributed by atoms with Gasteiger partial charge in [-0.15, -0.1) is 11.3 Å². The van der Waals surface area contributed by atoms with Crippen LogP contribution in [0.2, 0.25) is 0 Å². The molecule has 0 saturated carbocycles. The minimum Gasteiger partial charge on any atom is -0.349 e. The Morgan fingerprint density at radius 3 is 2.93 bits per heavy atom. The molecule has 2 heterocycles. The second-order valence-electron chi connectivity index (χ2n) is 7.41. The molecule has 0 saturated heterocycles. The van der Waals surface area contributed by atoms with Crippen molar-refractivity contribution in [1.82, 2.24) is 14.9 Å². The maximum atomic E-state index is 12.9. The fourth-order valence-electron chi connectivity index (χ4n) is 3.97. The van der Waals surface area contributed by atoms with E-state index in [-0.39, 0.29) is 23.3 Å². The molecule has 0 aliphatic heterocycles. The highest BCUT2D eigenvalue weighted by molar-refractivity contribution is 7.99. The molecule has 1 aliphatic rings. The summed E-state index contributed by atoms with van der Waals surface area (Å²) in [6, 6.07) is 8.41. The number of hydrogen-bond donors (Lipinski definition) is 1. The highest BCUT2D eigenvalue weighted by Crippen LogP contribution is 2.30. The first-order valence-corrected chi connectivity index (χ1v) is 11.8. The SMILES string of the molecule is CCn1c(SCC(=O)NC2CCCc3ccccc32)nc2sc(C)c(C)c2c1=O. The first kappa shape index (κ1) is 20.2. The van der Waals surface area contributed by atoms with Crippen LogP contribution < -0.4 is 10.9 Å². The smallest absolute Gasteiger partial charge is 0.263 e. The number of hydrogen-bond acceptors (Lipinski definition) is 5. The Labute approximate surface area is 178 Å². The standard InChI is InChI=1S/C22H25N3O2S2/c1-4-25-21(27)19-13(2)14(3)29-20(19)24-22(25)28-12-18(26)23-17-11-7-9-15-8-5-6-10-16(15)17/h5-6,8,10,17H,4,7,9,11-12H2,1-3H3,(H,23,26). The van der Waals surface area contributed by atoms with Gasteiger partial charge in [-0.2, -0.15) is 0 Å². The maximum absolute atomic E-state index is 12.9. The molecule has 1 aliphatic carbocycles. The summed E-state index contributed by atoms with van der Waals surface area (Å²) < 4.78 is 1.68. The van der Waals surface area contributed by atoms with Gasteiger partial charge >= 0.3 is 0 Å². The summed E-state index contributed by atoms with van der Waals surface area (Å²) in [7, 11) is 0. The first-order valence-electron chi connectivity index (χ1n) is 10.00. The quantitative estimate of drug-likeness (QED) is 0.485. The van der Waals surface area contributed by atoms with E-state index in [0.717, 1.165) is 34.5 Å². The van der Waals surface area contributed by atoms with Crippen LogP contribution in [0.1, 0.15) is 47.4 Å². The average molecular weight is 428 g/mol. The molecule has 1 amide bonds. The molecule has 1 N–H and O–H groups in total. The summed E-state index contributed by atoms with van der Waals surface area (Å²) >= 11 is 2.88. The zero-order valence-electron chi connectivity index (χ0n) is 16.9. The lowest BCUT2D eigenvalue weighted by Gasteiger charge is -2.26. The van der Waals surface area contributed by atoms with Crippen LogP contribution in [0, 0.1) is 13.8 Å². The molecule has 152 valence electrons. The van der Waals surface area contributed by atoms with E-state index >= 15 is 0 Å². The summed E-state index contributed by atoms with van der Waals surface area (Å²) in [5.41, 5.74) is 3.55. The van der Waals surface area contributed by atoms with Crippen LogP contribution in [-0.2, 0) is 17.8 Å². The lowest BCUT2D eigenvalue weighted by atomic mass is 9.88. The number of amides is 1. The Hall–Kier alpha value is -2.12. The van der Waals surface area contributed by atoms with E-state index in [1.807, 2.05) is 26.8 Å². The normalized spacial score (nSPS) is 16.0. The molecule has 1 aromatic carbocycles. The minimum atomic E-state index is -0.0211. The highest BCUT2D eigenvalue weighted by atomic mass is 32.2. The third-order valence-electron chi connectivity index (χ3n) is 5.61. The molecule has 1 atom stereocenters. The topological polar surface area (TPSA) is 64.0 Å². The van der Waals surface area contributed by atoms with Crippen molar-refractivity contribution in [3.05, 3.63) is 56.2 Å². The van der Waals surface area contributed by atoms with E-state index in [1.165, 1.54) is 22.9 Å². The lowest BCUT2D eigenvalue weighted by molar-refractivity contribution is -0.119. The van der Waals surface area contributed by atoms with E-state index in [9.17, 15) is 9.59 Å². The van der Waals surface area contributed by atoms with Crippen LogP contribution >= 0.6 is 23.1 Å². The molecule has 0 radical (unpaired) electrons. The zero-order valence-corrected chi connectivity index (χ0v) is 18.6. The predicted octanol–water partition coefficient (Wildman–Crippen LogP) is 4.38. The molecule has 0 spiro atoms. The molecular weight excluding hydrogens is 402 g/mol. The number of thioether (sulfide) groups is 1. The number of fused-ring (bicyclic) bond motifs is 2. The van der Waals surface area contributed by atoms with Gasteiger partial charge in [-0.3, -0.25) is 14.2 Å². The fraction of sp³-hybridized carbons (Fsp3) is 0.409. The minimum absolute atomic E-state index is 0.0107. The first-order chi connectivity index (χ1) is 14.0. The van der Waals surface area contributed by atoms with Crippen molar-refractivity contribution >= 4 is 39.2 Å². The van der Waals surface area contributed by atoms with Crippen LogP contribution in [-0.4, -0.2) is 21.2 Å². The average Bonchev–Trinajstić information content (AvgIpc) is 3.00. The summed E-state index contributed by atoms with van der Waals surface area (Å²) in [6.07, 6.45) is 3.12. The zero-order chi connectivity index (χ0) is 20.5. The molecular formula is C22H25N3O2S2. The van der Waals surface area contributed by atoms with Crippen molar-refractivity contribution in [3.63, 3.8) is 0 Å². The van der Waals surface area contributed by atoms with Crippen molar-refractivity contribution in [1.29, 1.82) is 0 Å². The Balaban J connectivity index is 1.51. The Morgan fingerprint density at radius 1 is 1.34 bits per heavy atom. The second kappa shape index (κ2) is 8.32. The van der Waals surface area contributed by atoms with Crippen molar-refractivity contribution in [3.8, 4) is 0 Å². The number of nitrogens with one attached hydrogen (secondary N) is 1. The van der Waals surface area contributed by atoms with Gasteiger partial charge < -0.3 is 5.32 Å². The van der Waals surface area contributed by atoms with Gasteiger partial charge in [0.1, 0.15) is 4.83 Å². The number of carbonyl (C=O) groups is 1. The molecule has 0 fully saturated rings. The number of rotatable bonds is 5. The van der Waals surface area contributed by atoms with Crippen LogP contribution in [0.3, 0.4) is 0 Å². The molecule has 0 bridgehead atoms. The summed E-state index contributed by atoms with van der Waals surface area (Å²) in [6.45, 7) is 6.46. The third-order valence-corrected chi connectivity index (χ3v) is 7.68. The number of thiophene rings is 1. The van der Waals surface area contributed by atoms with Gasteiger partial charge in [0.15, 0.2) is 5.16 Å². The Bertz CT molecular complexity index is 1130. The van der Waals surface area contributed by atoms with Gasteiger partial charge in [0.25, 0.3) is 5.56 Å². The van der Waals surface area contributed by atoms with Gasteiger partial charge in [0.05, 0.1) is 17.2 Å².